The van der Waals surface area contributed by atoms with Crippen LogP contribution in [0.15, 0.2) is 29.7 Å². The van der Waals surface area contributed by atoms with E-state index < -0.39 is 16.5 Å². The van der Waals surface area contributed by atoms with E-state index in [1.54, 1.807) is 0 Å². The summed E-state index contributed by atoms with van der Waals surface area (Å²) in [5, 5.41) is -0.746. The monoisotopic (exact) mass is 396 g/mol. The van der Waals surface area contributed by atoms with Gasteiger partial charge in [-0.25, -0.2) is 4.98 Å². The average molecular weight is 398 g/mol. The molecule has 0 amide bonds. The molecule has 120 valence electrons. The Morgan fingerprint density at radius 2 is 1.59 bits per heavy atom. The second-order valence-electron chi connectivity index (χ2n) is 3.95. The van der Waals surface area contributed by atoms with Crippen LogP contribution in [0.3, 0.4) is 0 Å². The Morgan fingerprint density at radius 3 is 2.05 bits per heavy atom. The van der Waals surface area contributed by atoms with Crippen LogP contribution in [0.1, 0.15) is 5.56 Å². The highest BCUT2D eigenvalue weighted by Gasteiger charge is 2.32. The van der Waals surface area contributed by atoms with E-state index in [9.17, 15) is 22.0 Å². The number of rotatable bonds is 3. The number of nitrogens with zero attached hydrogens (tertiary/aromatic N) is 2. The van der Waals surface area contributed by atoms with Crippen molar-refractivity contribution in [3.63, 3.8) is 0 Å². The summed E-state index contributed by atoms with van der Waals surface area (Å²) in [6.07, 6.45) is -2.39. The SMILES string of the molecule is FC(F)(Cl)Sc1cn(-c2c(Cl)cc(C(F)(F)F)cc2Cl)cn1. The lowest BCUT2D eigenvalue weighted by Gasteiger charge is -2.12. The first-order valence-electron chi connectivity index (χ1n) is 5.34. The molecule has 2 aromatic rings. The molecule has 0 unspecified atom stereocenters. The van der Waals surface area contributed by atoms with Crippen molar-refractivity contribution in [1.29, 1.82) is 0 Å². The fourth-order valence-corrected chi connectivity index (χ4v) is 3.00. The number of alkyl halides is 6. The molecule has 11 heteroatoms. The van der Waals surface area contributed by atoms with Crippen LogP contribution in [-0.2, 0) is 6.18 Å². The van der Waals surface area contributed by atoms with Crippen LogP contribution in [0.4, 0.5) is 22.0 Å². The molecule has 1 heterocycles. The van der Waals surface area contributed by atoms with Gasteiger partial charge in [0.1, 0.15) is 11.4 Å². The fourth-order valence-electron chi connectivity index (χ4n) is 1.57. The van der Waals surface area contributed by atoms with Gasteiger partial charge in [-0.05, 0) is 35.5 Å². The quantitative estimate of drug-likeness (QED) is 0.355. The van der Waals surface area contributed by atoms with Gasteiger partial charge in [-0.2, -0.15) is 22.0 Å². The largest absolute Gasteiger partial charge is 0.416 e. The Morgan fingerprint density at radius 1 is 1.05 bits per heavy atom. The zero-order valence-corrected chi connectivity index (χ0v) is 13.2. The molecule has 0 aliphatic carbocycles. The van der Waals surface area contributed by atoms with E-state index in [0.717, 1.165) is 17.1 Å². The minimum absolute atomic E-state index is 0.00595. The zero-order chi connectivity index (χ0) is 16.7. The maximum absolute atomic E-state index is 12.7. The van der Waals surface area contributed by atoms with Crippen LogP contribution < -0.4 is 0 Å². The maximum atomic E-state index is 12.7. The highest BCUT2D eigenvalue weighted by atomic mass is 35.5. The molecular weight excluding hydrogens is 394 g/mol. The van der Waals surface area contributed by atoms with Crippen molar-refractivity contribution in [3.8, 4) is 5.69 Å². The molecule has 2 nitrogen and oxygen atoms in total. The lowest BCUT2D eigenvalue weighted by molar-refractivity contribution is -0.137. The van der Waals surface area contributed by atoms with Crippen molar-refractivity contribution in [2.75, 3.05) is 0 Å². The van der Waals surface area contributed by atoms with Gasteiger partial charge in [0.05, 0.1) is 21.3 Å². The standard InChI is InChI=1S/C11H4Cl3F5N2S/c12-6-1-5(10(15,16)17)2-7(13)9(6)21-3-8(20-4-21)22-11(14,18)19/h1-4H. The molecule has 0 saturated carbocycles. The molecule has 1 aromatic carbocycles. The molecule has 22 heavy (non-hydrogen) atoms. The minimum atomic E-state index is -4.61. The number of hydrogen-bond acceptors (Lipinski definition) is 2. The normalized spacial score (nSPS) is 12.7. The summed E-state index contributed by atoms with van der Waals surface area (Å²) in [5.74, 6) is 0. The van der Waals surface area contributed by atoms with Crippen LogP contribution in [0, 0.1) is 0 Å². The van der Waals surface area contributed by atoms with E-state index >= 15 is 0 Å². The van der Waals surface area contributed by atoms with Crippen LogP contribution in [0.25, 0.3) is 5.69 Å². The average Bonchev–Trinajstić information content (AvgIpc) is 2.72. The van der Waals surface area contributed by atoms with Crippen LogP contribution in [0.5, 0.6) is 0 Å². The van der Waals surface area contributed by atoms with Gasteiger partial charge in [-0.15, -0.1) is 0 Å². The molecule has 0 fully saturated rings. The Bertz CT molecular complexity index is 673. The Hall–Kier alpha value is -0.700. The van der Waals surface area contributed by atoms with Crippen molar-refractivity contribution in [3.05, 3.63) is 40.3 Å². The van der Waals surface area contributed by atoms with Gasteiger partial charge in [0, 0.05) is 6.20 Å². The van der Waals surface area contributed by atoms with Crippen LogP contribution >= 0.6 is 46.6 Å². The summed E-state index contributed by atoms with van der Waals surface area (Å²) in [5.41, 5.74) is -1.03. The third-order valence-electron chi connectivity index (χ3n) is 2.38. The highest BCUT2D eigenvalue weighted by Crippen LogP contribution is 2.40. The van der Waals surface area contributed by atoms with Gasteiger partial charge in [-0.3, -0.25) is 0 Å². The van der Waals surface area contributed by atoms with E-state index in [0.29, 0.717) is 12.1 Å². The van der Waals surface area contributed by atoms with E-state index in [1.165, 1.54) is 0 Å². The molecule has 0 radical (unpaired) electrons. The first-order valence-corrected chi connectivity index (χ1v) is 7.29. The highest BCUT2D eigenvalue weighted by molar-refractivity contribution is 8.01. The number of aromatic nitrogens is 2. The summed E-state index contributed by atoms with van der Waals surface area (Å²) in [7, 11) is 0. The summed E-state index contributed by atoms with van der Waals surface area (Å²) < 4.78 is 60.8. The van der Waals surface area contributed by atoms with Crippen molar-refractivity contribution in [2.24, 2.45) is 0 Å². The van der Waals surface area contributed by atoms with E-state index in [2.05, 4.69) is 4.98 Å². The topological polar surface area (TPSA) is 17.8 Å². The van der Waals surface area contributed by atoms with Crippen molar-refractivity contribution in [2.45, 2.75) is 15.9 Å². The molecule has 0 aliphatic rings. The zero-order valence-electron chi connectivity index (χ0n) is 10.1. The Labute approximate surface area is 140 Å². The molecule has 0 aliphatic heterocycles. The second kappa shape index (κ2) is 6.07. The number of thioether (sulfide) groups is 1. The number of hydrogen-bond donors (Lipinski definition) is 0. The molecule has 2 rings (SSSR count). The first kappa shape index (κ1) is 17.7. The van der Waals surface area contributed by atoms with Crippen molar-refractivity contribution in [1.82, 2.24) is 9.55 Å². The molecule has 1 aromatic heterocycles. The summed E-state index contributed by atoms with van der Waals surface area (Å²) in [6.45, 7) is 0. The third kappa shape index (κ3) is 4.18. The Kier molecular flexibility index (Phi) is 4.87. The molecular formula is C11H4Cl3F5N2S. The lowest BCUT2D eigenvalue weighted by Crippen LogP contribution is -2.06. The van der Waals surface area contributed by atoms with Crippen LogP contribution in [-0.4, -0.2) is 14.3 Å². The third-order valence-corrected chi connectivity index (χ3v) is 3.84. The summed E-state index contributed by atoms with van der Waals surface area (Å²) >= 11 is 16.3. The lowest BCUT2D eigenvalue weighted by atomic mass is 10.2. The van der Waals surface area contributed by atoms with Crippen LogP contribution in [0.2, 0.25) is 10.0 Å². The molecule has 0 N–H and O–H groups in total. The van der Waals surface area contributed by atoms with Gasteiger partial charge in [-0.1, -0.05) is 23.2 Å². The predicted molar refractivity (Wildman–Crippen MR) is 75.2 cm³/mol. The predicted octanol–water partition coefficient (Wildman–Crippen LogP) is 6.08. The molecule has 0 saturated heterocycles. The first-order chi connectivity index (χ1) is 9.97. The van der Waals surface area contributed by atoms with E-state index in [1.807, 2.05) is 0 Å². The number of halogens is 8. The van der Waals surface area contributed by atoms with E-state index in [-0.39, 0.29) is 32.5 Å². The fraction of sp³-hybridized carbons (Fsp3) is 0.182. The molecule has 0 atom stereocenters. The minimum Gasteiger partial charge on any atom is -0.302 e. The second-order valence-corrected chi connectivity index (χ2v) is 6.60. The number of imidazole rings is 1. The number of benzene rings is 1. The summed E-state index contributed by atoms with van der Waals surface area (Å²) in [6, 6.07) is 1.37. The van der Waals surface area contributed by atoms with Crippen molar-refractivity contribution < 1.29 is 22.0 Å². The van der Waals surface area contributed by atoms with Gasteiger partial charge < -0.3 is 4.57 Å². The molecule has 0 spiro atoms. The maximum Gasteiger partial charge on any atom is 0.416 e. The summed E-state index contributed by atoms with van der Waals surface area (Å²) in [4.78, 5) is 3.65. The van der Waals surface area contributed by atoms with Crippen molar-refractivity contribution >= 4 is 46.6 Å². The van der Waals surface area contributed by atoms with Gasteiger partial charge in [0.2, 0.25) is 0 Å². The molecule has 0 bridgehead atoms. The Balaban J connectivity index is 2.42. The van der Waals surface area contributed by atoms with Gasteiger partial charge in [0.25, 0.3) is 0 Å². The smallest absolute Gasteiger partial charge is 0.302 e. The van der Waals surface area contributed by atoms with Gasteiger partial charge >= 0.3 is 10.9 Å². The van der Waals surface area contributed by atoms with E-state index in [4.69, 9.17) is 34.8 Å². The van der Waals surface area contributed by atoms with Gasteiger partial charge in [0.15, 0.2) is 0 Å².